The molecule has 102 valence electrons. The SMILES string of the molecule is CCC(C)(C)CNc1cc(S(N)(=O)=O)ccc1N. The van der Waals surface area contributed by atoms with Crippen LogP contribution in [0.15, 0.2) is 23.1 Å². The van der Waals surface area contributed by atoms with E-state index in [1.807, 2.05) is 0 Å². The van der Waals surface area contributed by atoms with Crippen molar-refractivity contribution in [2.45, 2.75) is 32.1 Å². The summed E-state index contributed by atoms with van der Waals surface area (Å²) >= 11 is 0. The lowest BCUT2D eigenvalue weighted by atomic mass is 9.90. The van der Waals surface area contributed by atoms with Crippen LogP contribution in [-0.4, -0.2) is 15.0 Å². The molecule has 6 heteroatoms. The number of anilines is 2. The molecule has 0 aromatic heterocycles. The van der Waals surface area contributed by atoms with E-state index in [0.29, 0.717) is 17.9 Å². The van der Waals surface area contributed by atoms with Gasteiger partial charge in [0.15, 0.2) is 0 Å². The van der Waals surface area contributed by atoms with Crippen molar-refractivity contribution >= 4 is 21.4 Å². The fourth-order valence-corrected chi connectivity index (χ4v) is 1.86. The molecule has 5 nitrogen and oxygen atoms in total. The molecule has 0 aliphatic rings. The first kappa shape index (κ1) is 14.8. The highest BCUT2D eigenvalue weighted by Gasteiger charge is 2.16. The minimum Gasteiger partial charge on any atom is -0.397 e. The Bertz CT molecular complexity index is 524. The van der Waals surface area contributed by atoms with Crippen molar-refractivity contribution in [1.82, 2.24) is 0 Å². The Kier molecular flexibility index (Phi) is 4.24. The summed E-state index contributed by atoms with van der Waals surface area (Å²) < 4.78 is 22.5. The summed E-state index contributed by atoms with van der Waals surface area (Å²) in [6.45, 7) is 7.06. The van der Waals surface area contributed by atoms with Gasteiger partial charge in [-0.15, -0.1) is 0 Å². The van der Waals surface area contributed by atoms with Gasteiger partial charge in [-0.3, -0.25) is 0 Å². The number of rotatable bonds is 5. The van der Waals surface area contributed by atoms with E-state index in [0.717, 1.165) is 6.42 Å². The molecule has 0 saturated carbocycles. The van der Waals surface area contributed by atoms with Crippen molar-refractivity contribution in [3.05, 3.63) is 18.2 Å². The van der Waals surface area contributed by atoms with Crippen molar-refractivity contribution in [3.8, 4) is 0 Å². The lowest BCUT2D eigenvalue weighted by Gasteiger charge is -2.24. The van der Waals surface area contributed by atoms with E-state index in [1.54, 1.807) is 6.07 Å². The molecule has 0 aliphatic carbocycles. The predicted octanol–water partition coefficient (Wildman–Crippen LogP) is 1.76. The van der Waals surface area contributed by atoms with Crippen LogP contribution in [-0.2, 0) is 10.0 Å². The third-order valence-electron chi connectivity index (χ3n) is 3.07. The number of hydrogen-bond donors (Lipinski definition) is 3. The standard InChI is InChI=1S/C12H21N3O2S/c1-4-12(2,3)8-15-11-7-9(18(14,16)17)5-6-10(11)13/h5-7,15H,4,8,13H2,1-3H3,(H2,14,16,17). The van der Waals surface area contributed by atoms with Crippen LogP contribution in [0.5, 0.6) is 0 Å². The smallest absolute Gasteiger partial charge is 0.238 e. The highest BCUT2D eigenvalue weighted by molar-refractivity contribution is 7.89. The summed E-state index contributed by atoms with van der Waals surface area (Å²) in [4.78, 5) is 0.0634. The quantitative estimate of drug-likeness (QED) is 0.711. The molecule has 0 bridgehead atoms. The summed E-state index contributed by atoms with van der Waals surface area (Å²) in [5, 5.41) is 8.26. The number of nitrogens with one attached hydrogen (secondary N) is 1. The van der Waals surface area contributed by atoms with Gasteiger partial charge in [0, 0.05) is 6.54 Å². The predicted molar refractivity (Wildman–Crippen MR) is 74.8 cm³/mol. The van der Waals surface area contributed by atoms with Crippen LogP contribution >= 0.6 is 0 Å². The van der Waals surface area contributed by atoms with E-state index < -0.39 is 10.0 Å². The van der Waals surface area contributed by atoms with E-state index in [4.69, 9.17) is 10.9 Å². The Balaban J connectivity index is 2.96. The van der Waals surface area contributed by atoms with Gasteiger partial charge in [0.25, 0.3) is 0 Å². The van der Waals surface area contributed by atoms with Crippen molar-refractivity contribution in [3.63, 3.8) is 0 Å². The van der Waals surface area contributed by atoms with Gasteiger partial charge in [0.2, 0.25) is 10.0 Å². The highest BCUT2D eigenvalue weighted by atomic mass is 32.2. The second kappa shape index (κ2) is 5.16. The number of primary sulfonamides is 1. The molecule has 1 rings (SSSR count). The van der Waals surface area contributed by atoms with Gasteiger partial charge in [0.1, 0.15) is 0 Å². The average Bonchev–Trinajstić information content (AvgIpc) is 2.26. The van der Waals surface area contributed by atoms with Crippen molar-refractivity contribution in [2.24, 2.45) is 10.6 Å². The number of hydrogen-bond acceptors (Lipinski definition) is 4. The Labute approximate surface area is 109 Å². The fourth-order valence-electron chi connectivity index (χ4n) is 1.32. The van der Waals surface area contributed by atoms with E-state index in [-0.39, 0.29) is 10.3 Å². The minimum atomic E-state index is -3.70. The number of sulfonamides is 1. The molecule has 0 fully saturated rings. The lowest BCUT2D eigenvalue weighted by Crippen LogP contribution is -2.22. The molecular formula is C12H21N3O2S. The Morgan fingerprint density at radius 2 is 1.94 bits per heavy atom. The molecule has 1 aromatic rings. The third-order valence-corrected chi connectivity index (χ3v) is 3.98. The fraction of sp³-hybridized carbons (Fsp3) is 0.500. The van der Waals surface area contributed by atoms with Gasteiger partial charge in [-0.05, 0) is 30.0 Å². The molecule has 0 atom stereocenters. The van der Waals surface area contributed by atoms with E-state index >= 15 is 0 Å². The summed E-state index contributed by atoms with van der Waals surface area (Å²) in [5.41, 5.74) is 7.03. The molecule has 0 saturated heterocycles. The largest absolute Gasteiger partial charge is 0.397 e. The van der Waals surface area contributed by atoms with Gasteiger partial charge in [0.05, 0.1) is 16.3 Å². The van der Waals surface area contributed by atoms with Crippen molar-refractivity contribution < 1.29 is 8.42 Å². The van der Waals surface area contributed by atoms with Gasteiger partial charge >= 0.3 is 0 Å². The topological polar surface area (TPSA) is 98.2 Å². The average molecular weight is 271 g/mol. The van der Waals surface area contributed by atoms with Crippen LogP contribution in [0.2, 0.25) is 0 Å². The van der Waals surface area contributed by atoms with Crippen LogP contribution in [0, 0.1) is 5.41 Å². The summed E-state index contributed by atoms with van der Waals surface area (Å²) in [5.74, 6) is 0. The van der Waals surface area contributed by atoms with Gasteiger partial charge in [-0.25, -0.2) is 13.6 Å². The van der Waals surface area contributed by atoms with Crippen LogP contribution in [0.1, 0.15) is 27.2 Å². The Hall–Kier alpha value is -1.27. The number of nitrogen functional groups attached to an aromatic ring is 1. The Morgan fingerprint density at radius 3 is 2.44 bits per heavy atom. The molecule has 0 unspecified atom stereocenters. The normalized spacial score (nSPS) is 12.4. The maximum Gasteiger partial charge on any atom is 0.238 e. The van der Waals surface area contributed by atoms with Crippen LogP contribution in [0.25, 0.3) is 0 Å². The van der Waals surface area contributed by atoms with Gasteiger partial charge in [-0.2, -0.15) is 0 Å². The number of nitrogens with two attached hydrogens (primary N) is 2. The minimum absolute atomic E-state index is 0.0634. The summed E-state index contributed by atoms with van der Waals surface area (Å²) in [6, 6.07) is 4.41. The van der Waals surface area contributed by atoms with Crippen LogP contribution < -0.4 is 16.2 Å². The first-order chi connectivity index (χ1) is 8.15. The Morgan fingerprint density at radius 1 is 1.33 bits per heavy atom. The second-order valence-electron chi connectivity index (χ2n) is 5.17. The molecule has 0 radical (unpaired) electrons. The summed E-state index contributed by atoms with van der Waals surface area (Å²) in [6.07, 6.45) is 1.01. The number of benzene rings is 1. The van der Waals surface area contributed by atoms with Gasteiger partial charge in [-0.1, -0.05) is 20.8 Å². The van der Waals surface area contributed by atoms with Gasteiger partial charge < -0.3 is 11.1 Å². The zero-order valence-electron chi connectivity index (χ0n) is 11.0. The van der Waals surface area contributed by atoms with Crippen molar-refractivity contribution in [2.75, 3.05) is 17.6 Å². The monoisotopic (exact) mass is 271 g/mol. The van der Waals surface area contributed by atoms with E-state index in [9.17, 15) is 8.42 Å². The van der Waals surface area contributed by atoms with Crippen LogP contribution in [0.4, 0.5) is 11.4 Å². The molecule has 5 N–H and O–H groups in total. The zero-order valence-corrected chi connectivity index (χ0v) is 11.8. The molecule has 18 heavy (non-hydrogen) atoms. The zero-order chi connectivity index (χ0) is 14.0. The van der Waals surface area contributed by atoms with Crippen molar-refractivity contribution in [1.29, 1.82) is 0 Å². The maximum absolute atomic E-state index is 11.3. The molecule has 0 aliphatic heterocycles. The first-order valence-electron chi connectivity index (χ1n) is 5.82. The second-order valence-corrected chi connectivity index (χ2v) is 6.73. The third kappa shape index (κ3) is 3.89. The molecule has 0 spiro atoms. The highest BCUT2D eigenvalue weighted by Crippen LogP contribution is 2.25. The first-order valence-corrected chi connectivity index (χ1v) is 7.36. The van der Waals surface area contributed by atoms with Crippen LogP contribution in [0.3, 0.4) is 0 Å². The molecular weight excluding hydrogens is 250 g/mol. The molecule has 1 aromatic carbocycles. The lowest BCUT2D eigenvalue weighted by molar-refractivity contribution is 0.377. The molecule has 0 heterocycles. The molecule has 0 amide bonds. The maximum atomic E-state index is 11.3. The van der Waals surface area contributed by atoms with E-state index in [2.05, 4.69) is 26.1 Å². The van der Waals surface area contributed by atoms with E-state index in [1.165, 1.54) is 12.1 Å². The summed E-state index contributed by atoms with van der Waals surface area (Å²) in [7, 11) is -3.70.